The number of aliphatic carboxylic acids is 1. The van der Waals surface area contributed by atoms with E-state index in [9.17, 15) is 41.0 Å². The van der Waals surface area contributed by atoms with Crippen molar-refractivity contribution in [3.8, 4) is 11.5 Å². The number of carboxylic acids is 1. The average molecular weight is 491 g/mol. The molecule has 0 bridgehead atoms. The number of alkyl halides is 6. The van der Waals surface area contributed by atoms with Crippen LogP contribution in [-0.4, -0.2) is 31.2 Å². The van der Waals surface area contributed by atoms with E-state index in [2.05, 4.69) is 0 Å². The lowest BCUT2D eigenvalue weighted by atomic mass is 9.83. The molecule has 1 heterocycles. The number of nitrogens with zero attached hydrogens (tertiary/aromatic N) is 1. The topological polar surface area (TPSA) is 76.1 Å². The fourth-order valence-electron chi connectivity index (χ4n) is 3.95. The zero-order valence-corrected chi connectivity index (χ0v) is 17.8. The number of hydrogen-bond acceptors (Lipinski definition) is 4. The van der Waals surface area contributed by atoms with Crippen LogP contribution in [-0.2, 0) is 21.9 Å². The van der Waals surface area contributed by atoms with E-state index in [1.54, 1.807) is 0 Å². The molecule has 1 amide bonds. The second-order valence-electron chi connectivity index (χ2n) is 7.56. The van der Waals surface area contributed by atoms with E-state index in [4.69, 9.17) is 9.47 Å². The van der Waals surface area contributed by atoms with Crippen LogP contribution in [0.3, 0.4) is 0 Å². The molecule has 1 N–H and O–H groups in total. The molecule has 1 fully saturated rings. The summed E-state index contributed by atoms with van der Waals surface area (Å²) < 4.78 is 90.9. The number of carbonyl (C=O) groups excluding carboxylic acids is 1. The van der Waals surface area contributed by atoms with Gasteiger partial charge in [-0.05, 0) is 36.8 Å². The van der Waals surface area contributed by atoms with Crippen molar-refractivity contribution in [1.82, 2.24) is 0 Å². The summed E-state index contributed by atoms with van der Waals surface area (Å²) in [6, 6.07) is 3.46. The minimum absolute atomic E-state index is 0.0540. The number of halogens is 6. The Morgan fingerprint density at radius 1 is 0.971 bits per heavy atom. The van der Waals surface area contributed by atoms with Crippen LogP contribution in [0.25, 0.3) is 0 Å². The van der Waals surface area contributed by atoms with Gasteiger partial charge in [0, 0.05) is 23.7 Å². The van der Waals surface area contributed by atoms with E-state index in [-0.39, 0.29) is 30.2 Å². The van der Waals surface area contributed by atoms with Crippen LogP contribution in [0.15, 0.2) is 36.4 Å². The quantitative estimate of drug-likeness (QED) is 0.574. The number of carbonyl (C=O) groups is 2. The van der Waals surface area contributed by atoms with Crippen molar-refractivity contribution in [3.63, 3.8) is 0 Å². The molecule has 0 radical (unpaired) electrons. The predicted octanol–water partition coefficient (Wildman–Crippen LogP) is 5.31. The first-order valence-electron chi connectivity index (χ1n) is 9.84. The summed E-state index contributed by atoms with van der Waals surface area (Å²) in [6.45, 7) is 0. The Hall–Kier alpha value is -3.44. The molecule has 3 rings (SSSR count). The largest absolute Gasteiger partial charge is 0.497 e. The van der Waals surface area contributed by atoms with Gasteiger partial charge in [0.05, 0.1) is 37.3 Å². The van der Waals surface area contributed by atoms with E-state index in [1.165, 1.54) is 32.4 Å². The maximum absolute atomic E-state index is 13.4. The third-order valence-electron chi connectivity index (χ3n) is 5.52. The van der Waals surface area contributed by atoms with E-state index < -0.39 is 53.0 Å². The Morgan fingerprint density at radius 3 is 2.03 bits per heavy atom. The van der Waals surface area contributed by atoms with Crippen molar-refractivity contribution in [1.29, 1.82) is 0 Å². The summed E-state index contributed by atoms with van der Waals surface area (Å²) in [5.41, 5.74) is -3.87. The average Bonchev–Trinajstić information content (AvgIpc) is 2.76. The number of carboxylic acid groups (broad SMARTS) is 1. The molecule has 0 spiro atoms. The van der Waals surface area contributed by atoms with Gasteiger partial charge >= 0.3 is 18.3 Å². The molecule has 2 aromatic carbocycles. The van der Waals surface area contributed by atoms with Crippen LogP contribution in [0.5, 0.6) is 11.5 Å². The van der Waals surface area contributed by atoms with E-state index in [1.807, 2.05) is 0 Å². The van der Waals surface area contributed by atoms with Crippen molar-refractivity contribution < 1.29 is 50.5 Å². The third kappa shape index (κ3) is 4.90. The molecular weight excluding hydrogens is 472 g/mol. The van der Waals surface area contributed by atoms with Gasteiger partial charge in [0.2, 0.25) is 5.91 Å². The fraction of sp³-hybridized carbons (Fsp3) is 0.364. The standard InChI is InChI=1S/C22H19F6NO5/c1-33-14-3-4-15(17(10-14)34-2)19-16(20(31)32)5-6-18(30)29(19)13-8-11(21(23,24)25)7-12(9-13)22(26,27)28/h3-4,7-10,16,19H,5-6H2,1-2H3,(H,31,32)/t16-,19+/m0/s1. The van der Waals surface area contributed by atoms with Crippen molar-refractivity contribution in [3.05, 3.63) is 53.1 Å². The zero-order valence-electron chi connectivity index (χ0n) is 17.8. The molecule has 12 heteroatoms. The maximum atomic E-state index is 13.4. The highest BCUT2D eigenvalue weighted by molar-refractivity contribution is 5.97. The van der Waals surface area contributed by atoms with E-state index in [0.29, 0.717) is 22.8 Å². The summed E-state index contributed by atoms with van der Waals surface area (Å²) in [5, 5.41) is 9.79. The molecule has 0 unspecified atom stereocenters. The zero-order chi connectivity index (χ0) is 25.4. The number of rotatable bonds is 5. The number of anilines is 1. The Labute approximate surface area is 189 Å². The summed E-state index contributed by atoms with van der Waals surface area (Å²) in [7, 11) is 2.60. The normalized spacial score (nSPS) is 19.2. The number of amides is 1. The lowest BCUT2D eigenvalue weighted by molar-refractivity contribution is -0.145. The Kier molecular flexibility index (Phi) is 6.72. The summed E-state index contributed by atoms with van der Waals surface area (Å²) in [4.78, 5) is 25.6. The molecule has 1 aliphatic rings. The van der Waals surface area contributed by atoms with Crippen LogP contribution in [0.4, 0.5) is 32.0 Å². The van der Waals surface area contributed by atoms with Gasteiger partial charge in [0.25, 0.3) is 0 Å². The Balaban J connectivity index is 2.30. The summed E-state index contributed by atoms with van der Waals surface area (Å²) in [6.07, 6.45) is -10.8. The number of benzene rings is 2. The van der Waals surface area contributed by atoms with Gasteiger partial charge < -0.3 is 19.5 Å². The Morgan fingerprint density at radius 2 is 1.56 bits per heavy atom. The highest BCUT2D eigenvalue weighted by Crippen LogP contribution is 2.46. The highest BCUT2D eigenvalue weighted by atomic mass is 19.4. The van der Waals surface area contributed by atoms with Gasteiger partial charge in [-0.25, -0.2) is 0 Å². The van der Waals surface area contributed by atoms with Crippen LogP contribution in [0.1, 0.15) is 35.6 Å². The molecule has 0 aromatic heterocycles. The second kappa shape index (κ2) is 9.07. The molecule has 0 saturated carbocycles. The minimum Gasteiger partial charge on any atom is -0.497 e. The lowest BCUT2D eigenvalue weighted by Gasteiger charge is -2.40. The van der Waals surface area contributed by atoms with Crippen molar-refractivity contribution in [2.45, 2.75) is 31.2 Å². The first-order chi connectivity index (χ1) is 15.8. The molecule has 1 aliphatic heterocycles. The smallest absolute Gasteiger partial charge is 0.416 e. The van der Waals surface area contributed by atoms with Crippen LogP contribution < -0.4 is 14.4 Å². The first kappa shape index (κ1) is 25.2. The van der Waals surface area contributed by atoms with Crippen molar-refractivity contribution in [2.24, 2.45) is 5.92 Å². The van der Waals surface area contributed by atoms with Crippen molar-refractivity contribution in [2.75, 3.05) is 19.1 Å². The van der Waals surface area contributed by atoms with Crippen LogP contribution in [0.2, 0.25) is 0 Å². The fourth-order valence-corrected chi connectivity index (χ4v) is 3.95. The van der Waals surface area contributed by atoms with Crippen LogP contribution >= 0.6 is 0 Å². The van der Waals surface area contributed by atoms with Crippen molar-refractivity contribution >= 4 is 17.6 Å². The Bertz CT molecular complexity index is 1070. The highest BCUT2D eigenvalue weighted by Gasteiger charge is 2.45. The number of piperidine rings is 1. The lowest BCUT2D eigenvalue weighted by Crippen LogP contribution is -2.46. The molecule has 6 nitrogen and oxygen atoms in total. The molecule has 1 saturated heterocycles. The van der Waals surface area contributed by atoms with Crippen LogP contribution in [0, 0.1) is 5.92 Å². The van der Waals surface area contributed by atoms with Gasteiger partial charge in [-0.2, -0.15) is 26.3 Å². The monoisotopic (exact) mass is 491 g/mol. The van der Waals surface area contributed by atoms with E-state index >= 15 is 0 Å². The third-order valence-corrected chi connectivity index (χ3v) is 5.52. The molecule has 34 heavy (non-hydrogen) atoms. The van der Waals surface area contributed by atoms with Gasteiger partial charge in [-0.3, -0.25) is 9.59 Å². The second-order valence-corrected chi connectivity index (χ2v) is 7.56. The molecule has 2 aromatic rings. The SMILES string of the molecule is COc1ccc([C@@H]2[C@@H](C(=O)O)CCC(=O)N2c2cc(C(F)(F)F)cc(C(F)(F)F)c2)c(OC)c1. The first-order valence-corrected chi connectivity index (χ1v) is 9.84. The summed E-state index contributed by atoms with van der Waals surface area (Å²) >= 11 is 0. The summed E-state index contributed by atoms with van der Waals surface area (Å²) in [5.74, 6) is -3.17. The number of methoxy groups -OCH3 is 2. The van der Waals surface area contributed by atoms with Gasteiger partial charge in [0.1, 0.15) is 11.5 Å². The maximum Gasteiger partial charge on any atom is 0.416 e. The molecular formula is C22H19F6NO5. The van der Waals surface area contributed by atoms with Gasteiger partial charge in [0.15, 0.2) is 0 Å². The molecule has 0 aliphatic carbocycles. The van der Waals surface area contributed by atoms with E-state index in [0.717, 1.165) is 0 Å². The number of ether oxygens (including phenoxy) is 2. The predicted molar refractivity (Wildman–Crippen MR) is 107 cm³/mol. The molecule has 2 atom stereocenters. The number of hydrogen-bond donors (Lipinski definition) is 1. The molecule has 184 valence electrons. The van der Waals surface area contributed by atoms with Gasteiger partial charge in [-0.1, -0.05) is 0 Å². The van der Waals surface area contributed by atoms with Gasteiger partial charge in [-0.15, -0.1) is 0 Å². The minimum atomic E-state index is -5.14.